The number of nitrogens with one attached hydrogen (secondary N) is 2. The van der Waals surface area contributed by atoms with E-state index in [0.29, 0.717) is 12.6 Å². The second kappa shape index (κ2) is 5.85. The number of carbonyl (C=O) groups is 1. The third-order valence-corrected chi connectivity index (χ3v) is 4.85. The minimum Gasteiger partial charge on any atom is -0.350 e. The van der Waals surface area contributed by atoms with Crippen LogP contribution < -0.4 is 10.6 Å². The van der Waals surface area contributed by atoms with E-state index < -0.39 is 0 Å². The number of carbonyl (C=O) groups excluding carboxylic acids is 1. The van der Waals surface area contributed by atoms with Gasteiger partial charge in [0.1, 0.15) is 0 Å². The largest absolute Gasteiger partial charge is 0.350 e. The van der Waals surface area contributed by atoms with Gasteiger partial charge in [-0.2, -0.15) is 0 Å². The topological polar surface area (TPSA) is 41.1 Å². The fraction of sp³-hybridized carbons (Fsp3) is 0.643. The third kappa shape index (κ3) is 3.12. The summed E-state index contributed by atoms with van der Waals surface area (Å²) in [5.74, 6) is 0.830. The molecule has 3 nitrogen and oxygen atoms in total. The van der Waals surface area contributed by atoms with Crippen LogP contribution in [0.3, 0.4) is 0 Å². The van der Waals surface area contributed by atoms with Gasteiger partial charge in [0.25, 0.3) is 5.91 Å². The van der Waals surface area contributed by atoms with E-state index in [1.54, 1.807) is 11.3 Å². The Bertz CT molecular complexity index is 427. The normalized spacial score (nSPS) is 20.3. The molecule has 0 fully saturated rings. The van der Waals surface area contributed by atoms with Gasteiger partial charge in [0.2, 0.25) is 0 Å². The van der Waals surface area contributed by atoms with Crippen LogP contribution in [-0.4, -0.2) is 25.5 Å². The average molecular weight is 266 g/mol. The summed E-state index contributed by atoms with van der Waals surface area (Å²) in [5.41, 5.74) is 1.39. The molecule has 0 aliphatic heterocycles. The molecule has 0 saturated heterocycles. The number of aryl methyl sites for hydroxylation is 1. The SMILES string of the molecule is CNC(C)CNC(=O)c1cc2c(s1)CCC(C)C2. The molecule has 1 aromatic rings. The molecule has 0 spiro atoms. The molecule has 1 aliphatic carbocycles. The van der Waals surface area contributed by atoms with Crippen molar-refractivity contribution in [3.63, 3.8) is 0 Å². The fourth-order valence-electron chi connectivity index (χ4n) is 2.25. The molecule has 18 heavy (non-hydrogen) atoms. The molecular formula is C14H22N2OS. The van der Waals surface area contributed by atoms with Gasteiger partial charge in [-0.15, -0.1) is 11.3 Å². The molecule has 2 atom stereocenters. The molecule has 2 N–H and O–H groups in total. The number of thiophene rings is 1. The van der Waals surface area contributed by atoms with Crippen LogP contribution in [-0.2, 0) is 12.8 Å². The molecule has 0 radical (unpaired) electrons. The van der Waals surface area contributed by atoms with Crippen molar-refractivity contribution < 1.29 is 4.79 Å². The lowest BCUT2D eigenvalue weighted by molar-refractivity contribution is 0.0954. The lowest BCUT2D eigenvalue weighted by atomic mass is 9.90. The van der Waals surface area contributed by atoms with Gasteiger partial charge in [-0.05, 0) is 50.8 Å². The maximum Gasteiger partial charge on any atom is 0.261 e. The van der Waals surface area contributed by atoms with Crippen molar-refractivity contribution in [1.82, 2.24) is 10.6 Å². The molecule has 1 heterocycles. The van der Waals surface area contributed by atoms with Crippen molar-refractivity contribution in [2.24, 2.45) is 5.92 Å². The van der Waals surface area contributed by atoms with Gasteiger partial charge in [0.05, 0.1) is 4.88 Å². The van der Waals surface area contributed by atoms with E-state index in [2.05, 4.69) is 30.5 Å². The molecule has 4 heteroatoms. The summed E-state index contributed by atoms with van der Waals surface area (Å²) in [6.07, 6.45) is 3.53. The fourth-order valence-corrected chi connectivity index (χ4v) is 3.38. The van der Waals surface area contributed by atoms with Crippen molar-refractivity contribution >= 4 is 17.2 Å². The van der Waals surface area contributed by atoms with Crippen LogP contribution in [0.4, 0.5) is 0 Å². The number of hydrogen-bond acceptors (Lipinski definition) is 3. The predicted molar refractivity (Wildman–Crippen MR) is 76.4 cm³/mol. The van der Waals surface area contributed by atoms with Crippen molar-refractivity contribution in [3.8, 4) is 0 Å². The van der Waals surface area contributed by atoms with Gasteiger partial charge < -0.3 is 10.6 Å². The zero-order valence-electron chi connectivity index (χ0n) is 11.4. The van der Waals surface area contributed by atoms with E-state index in [1.165, 1.54) is 16.9 Å². The van der Waals surface area contributed by atoms with E-state index in [0.717, 1.165) is 23.6 Å². The zero-order valence-corrected chi connectivity index (χ0v) is 12.2. The van der Waals surface area contributed by atoms with Crippen molar-refractivity contribution in [2.75, 3.05) is 13.6 Å². The van der Waals surface area contributed by atoms with E-state index in [1.807, 2.05) is 7.05 Å². The Morgan fingerprint density at radius 3 is 3.11 bits per heavy atom. The number of rotatable bonds is 4. The molecule has 1 aromatic heterocycles. The van der Waals surface area contributed by atoms with E-state index >= 15 is 0 Å². The number of likely N-dealkylation sites (N-methyl/N-ethyl adjacent to an activating group) is 1. The first kappa shape index (κ1) is 13.6. The second-order valence-electron chi connectivity index (χ2n) is 5.31. The Morgan fingerprint density at radius 2 is 2.39 bits per heavy atom. The van der Waals surface area contributed by atoms with Gasteiger partial charge in [-0.1, -0.05) is 6.92 Å². The number of fused-ring (bicyclic) bond motifs is 1. The maximum atomic E-state index is 12.0. The summed E-state index contributed by atoms with van der Waals surface area (Å²) in [6, 6.07) is 2.40. The van der Waals surface area contributed by atoms with Gasteiger partial charge >= 0.3 is 0 Å². The lowest BCUT2D eigenvalue weighted by Crippen LogP contribution is -2.36. The van der Waals surface area contributed by atoms with Crippen molar-refractivity contribution in [2.45, 2.75) is 39.2 Å². The summed E-state index contributed by atoms with van der Waals surface area (Å²) in [6.45, 7) is 5.02. The Kier molecular flexibility index (Phi) is 4.40. The van der Waals surface area contributed by atoms with E-state index in [4.69, 9.17) is 0 Å². The van der Waals surface area contributed by atoms with Gasteiger partial charge in [-0.25, -0.2) is 0 Å². The van der Waals surface area contributed by atoms with Crippen LogP contribution in [0.25, 0.3) is 0 Å². The van der Waals surface area contributed by atoms with E-state index in [9.17, 15) is 4.79 Å². The standard InChI is InChI=1S/C14H22N2OS/c1-9-4-5-12-11(6-9)7-13(18-12)14(17)16-8-10(2)15-3/h7,9-10,15H,4-6,8H2,1-3H3,(H,16,17). The second-order valence-corrected chi connectivity index (χ2v) is 6.44. The maximum absolute atomic E-state index is 12.0. The minimum absolute atomic E-state index is 0.0733. The smallest absolute Gasteiger partial charge is 0.261 e. The molecule has 2 rings (SSSR count). The van der Waals surface area contributed by atoms with Crippen LogP contribution in [0.1, 0.15) is 40.4 Å². The summed E-state index contributed by atoms with van der Waals surface area (Å²) in [4.78, 5) is 14.3. The highest BCUT2D eigenvalue weighted by molar-refractivity contribution is 7.14. The number of amides is 1. The highest BCUT2D eigenvalue weighted by atomic mass is 32.1. The minimum atomic E-state index is 0.0733. The van der Waals surface area contributed by atoms with E-state index in [-0.39, 0.29) is 5.91 Å². The summed E-state index contributed by atoms with van der Waals surface area (Å²) in [7, 11) is 1.90. The molecule has 0 bridgehead atoms. The first-order chi connectivity index (χ1) is 8.60. The molecule has 0 aromatic carbocycles. The summed E-state index contributed by atoms with van der Waals surface area (Å²) < 4.78 is 0. The van der Waals surface area contributed by atoms with Crippen LogP contribution >= 0.6 is 11.3 Å². The zero-order chi connectivity index (χ0) is 13.1. The first-order valence-electron chi connectivity index (χ1n) is 6.67. The molecule has 0 saturated carbocycles. The monoisotopic (exact) mass is 266 g/mol. The van der Waals surface area contributed by atoms with Crippen molar-refractivity contribution in [1.29, 1.82) is 0 Å². The predicted octanol–water partition coefficient (Wildman–Crippen LogP) is 2.21. The Morgan fingerprint density at radius 1 is 1.61 bits per heavy atom. The Labute approximate surface area is 113 Å². The highest BCUT2D eigenvalue weighted by Crippen LogP contribution is 2.32. The highest BCUT2D eigenvalue weighted by Gasteiger charge is 2.20. The summed E-state index contributed by atoms with van der Waals surface area (Å²) >= 11 is 1.67. The quantitative estimate of drug-likeness (QED) is 0.877. The van der Waals surface area contributed by atoms with Crippen LogP contribution in [0.15, 0.2) is 6.07 Å². The Hall–Kier alpha value is -0.870. The molecule has 2 unspecified atom stereocenters. The van der Waals surface area contributed by atoms with Gasteiger partial charge in [0.15, 0.2) is 0 Å². The summed E-state index contributed by atoms with van der Waals surface area (Å²) in [5, 5.41) is 6.09. The molecule has 1 aliphatic rings. The molecule has 100 valence electrons. The van der Waals surface area contributed by atoms with Crippen LogP contribution in [0.5, 0.6) is 0 Å². The molecular weight excluding hydrogens is 244 g/mol. The third-order valence-electron chi connectivity index (χ3n) is 3.61. The van der Waals surface area contributed by atoms with Crippen LogP contribution in [0, 0.1) is 5.92 Å². The average Bonchev–Trinajstić information content (AvgIpc) is 2.78. The lowest BCUT2D eigenvalue weighted by Gasteiger charge is -2.16. The first-order valence-corrected chi connectivity index (χ1v) is 7.49. The van der Waals surface area contributed by atoms with Gasteiger partial charge in [0, 0.05) is 17.5 Å². The van der Waals surface area contributed by atoms with Gasteiger partial charge in [-0.3, -0.25) is 4.79 Å². The van der Waals surface area contributed by atoms with Crippen LogP contribution in [0.2, 0.25) is 0 Å². The number of hydrogen-bond donors (Lipinski definition) is 2. The Balaban J connectivity index is 1.99. The van der Waals surface area contributed by atoms with Crippen molar-refractivity contribution in [3.05, 3.63) is 21.4 Å². The molecule has 1 amide bonds.